The smallest absolute Gasteiger partial charge is 0.334 e. The summed E-state index contributed by atoms with van der Waals surface area (Å²) >= 11 is 0. The van der Waals surface area contributed by atoms with Gasteiger partial charge in [-0.2, -0.15) is 0 Å². The van der Waals surface area contributed by atoms with E-state index < -0.39 is 12.1 Å². The van der Waals surface area contributed by atoms with Gasteiger partial charge in [0, 0.05) is 32.7 Å². The first-order chi connectivity index (χ1) is 8.66. The molecule has 0 aromatic heterocycles. The van der Waals surface area contributed by atoms with E-state index in [9.17, 15) is 9.59 Å². The molecule has 2 aliphatic rings. The highest BCUT2D eigenvalue weighted by atomic mass is 16.5. The van der Waals surface area contributed by atoms with Crippen LogP contribution in [0, 0.1) is 0 Å². The second kappa shape index (κ2) is 6.12. The SMILES string of the molecule is O=C(O)C1CN(C(=O)CN2CCNCC2)CCO1. The lowest BCUT2D eigenvalue weighted by Gasteiger charge is -2.33. The van der Waals surface area contributed by atoms with Crippen molar-refractivity contribution in [1.82, 2.24) is 15.1 Å². The maximum absolute atomic E-state index is 12.0. The first kappa shape index (κ1) is 13.3. The summed E-state index contributed by atoms with van der Waals surface area (Å²) in [6.07, 6.45) is -0.884. The Bertz CT molecular complexity index is 317. The average Bonchev–Trinajstić information content (AvgIpc) is 2.40. The number of hydrogen-bond donors (Lipinski definition) is 2. The Morgan fingerprint density at radius 2 is 2.00 bits per heavy atom. The molecule has 0 bridgehead atoms. The van der Waals surface area contributed by atoms with Crippen molar-refractivity contribution in [2.75, 3.05) is 52.4 Å². The lowest BCUT2D eigenvalue weighted by Crippen LogP contribution is -2.53. The van der Waals surface area contributed by atoms with E-state index in [4.69, 9.17) is 9.84 Å². The molecule has 0 radical (unpaired) electrons. The van der Waals surface area contributed by atoms with Gasteiger partial charge in [-0.15, -0.1) is 0 Å². The van der Waals surface area contributed by atoms with Crippen molar-refractivity contribution in [1.29, 1.82) is 0 Å². The van der Waals surface area contributed by atoms with Crippen molar-refractivity contribution in [2.24, 2.45) is 0 Å². The fraction of sp³-hybridized carbons (Fsp3) is 0.818. The summed E-state index contributed by atoms with van der Waals surface area (Å²) in [6.45, 7) is 4.81. The van der Waals surface area contributed by atoms with Gasteiger partial charge in [0.2, 0.25) is 5.91 Å². The maximum Gasteiger partial charge on any atom is 0.334 e. The molecule has 2 fully saturated rings. The van der Waals surface area contributed by atoms with E-state index in [1.54, 1.807) is 4.90 Å². The van der Waals surface area contributed by atoms with Crippen molar-refractivity contribution in [2.45, 2.75) is 6.10 Å². The minimum atomic E-state index is -1.00. The highest BCUT2D eigenvalue weighted by Gasteiger charge is 2.29. The van der Waals surface area contributed by atoms with Gasteiger partial charge in [0.15, 0.2) is 6.10 Å². The van der Waals surface area contributed by atoms with E-state index in [1.165, 1.54) is 0 Å². The van der Waals surface area contributed by atoms with Gasteiger partial charge in [-0.25, -0.2) is 4.79 Å². The number of amides is 1. The van der Waals surface area contributed by atoms with Crippen molar-refractivity contribution in [3.63, 3.8) is 0 Å². The Morgan fingerprint density at radius 1 is 1.28 bits per heavy atom. The fourth-order valence-corrected chi connectivity index (χ4v) is 2.19. The zero-order chi connectivity index (χ0) is 13.0. The van der Waals surface area contributed by atoms with E-state index in [2.05, 4.69) is 10.2 Å². The molecule has 2 rings (SSSR count). The molecule has 1 amide bonds. The van der Waals surface area contributed by atoms with Crippen LogP contribution in [0.15, 0.2) is 0 Å². The minimum Gasteiger partial charge on any atom is -0.479 e. The van der Waals surface area contributed by atoms with Crippen molar-refractivity contribution in [3.05, 3.63) is 0 Å². The van der Waals surface area contributed by atoms with Crippen LogP contribution in [0.25, 0.3) is 0 Å². The van der Waals surface area contributed by atoms with Gasteiger partial charge >= 0.3 is 5.97 Å². The van der Waals surface area contributed by atoms with Gasteiger partial charge in [-0.1, -0.05) is 0 Å². The quantitative estimate of drug-likeness (QED) is 0.621. The number of piperazine rings is 1. The lowest BCUT2D eigenvalue weighted by molar-refractivity contribution is -0.159. The number of carbonyl (C=O) groups is 2. The zero-order valence-corrected chi connectivity index (χ0v) is 10.3. The zero-order valence-electron chi connectivity index (χ0n) is 10.3. The monoisotopic (exact) mass is 257 g/mol. The van der Waals surface area contributed by atoms with Crippen LogP contribution in [0.3, 0.4) is 0 Å². The van der Waals surface area contributed by atoms with Gasteiger partial charge in [-0.3, -0.25) is 9.69 Å². The number of rotatable bonds is 3. The minimum absolute atomic E-state index is 0.00792. The van der Waals surface area contributed by atoms with E-state index in [0.717, 1.165) is 26.2 Å². The number of morpholine rings is 1. The molecule has 1 unspecified atom stereocenters. The Hall–Kier alpha value is -1.18. The van der Waals surface area contributed by atoms with Gasteiger partial charge in [0.05, 0.1) is 19.7 Å². The third-order valence-electron chi connectivity index (χ3n) is 3.26. The van der Waals surface area contributed by atoms with Crippen LogP contribution in [0.2, 0.25) is 0 Å². The second-order valence-corrected chi connectivity index (χ2v) is 4.56. The Morgan fingerprint density at radius 3 is 2.67 bits per heavy atom. The summed E-state index contributed by atoms with van der Waals surface area (Å²) in [5, 5.41) is 12.1. The molecular weight excluding hydrogens is 238 g/mol. The molecule has 0 aromatic carbocycles. The molecule has 0 saturated carbocycles. The van der Waals surface area contributed by atoms with Crippen LogP contribution >= 0.6 is 0 Å². The van der Waals surface area contributed by atoms with Gasteiger partial charge < -0.3 is 20.1 Å². The number of carboxylic acid groups (broad SMARTS) is 1. The maximum atomic E-state index is 12.0. The Kier molecular flexibility index (Phi) is 4.51. The van der Waals surface area contributed by atoms with Crippen molar-refractivity contribution >= 4 is 11.9 Å². The highest BCUT2D eigenvalue weighted by Crippen LogP contribution is 2.06. The summed E-state index contributed by atoms with van der Waals surface area (Å²) < 4.78 is 5.09. The topological polar surface area (TPSA) is 82.1 Å². The van der Waals surface area contributed by atoms with Crippen molar-refractivity contribution in [3.8, 4) is 0 Å². The predicted molar refractivity (Wildman–Crippen MR) is 63.3 cm³/mol. The van der Waals surface area contributed by atoms with Crippen LogP contribution in [0.1, 0.15) is 0 Å². The molecule has 0 aromatic rings. The lowest BCUT2D eigenvalue weighted by atomic mass is 10.2. The van der Waals surface area contributed by atoms with Crippen LogP contribution in [0.4, 0.5) is 0 Å². The first-order valence-corrected chi connectivity index (χ1v) is 6.22. The van der Waals surface area contributed by atoms with E-state index in [-0.39, 0.29) is 12.5 Å². The normalized spacial score (nSPS) is 26.0. The van der Waals surface area contributed by atoms with Crippen LogP contribution in [-0.4, -0.2) is 85.3 Å². The molecular formula is C11H19N3O4. The number of nitrogens with one attached hydrogen (secondary N) is 1. The number of hydrogen-bond acceptors (Lipinski definition) is 5. The standard InChI is InChI=1S/C11H19N3O4/c15-10(8-13-3-1-12-2-4-13)14-5-6-18-9(7-14)11(16)17/h9,12H,1-8H2,(H,16,17). The molecule has 7 nitrogen and oxygen atoms in total. The van der Waals surface area contributed by atoms with E-state index in [0.29, 0.717) is 19.7 Å². The number of aliphatic carboxylic acids is 1. The largest absolute Gasteiger partial charge is 0.479 e. The molecule has 7 heteroatoms. The van der Waals surface area contributed by atoms with Gasteiger partial charge in [0.1, 0.15) is 0 Å². The molecule has 2 saturated heterocycles. The Balaban J connectivity index is 1.82. The predicted octanol–water partition coefficient (Wildman–Crippen LogP) is -1.80. The molecule has 1 atom stereocenters. The van der Waals surface area contributed by atoms with Gasteiger partial charge in [-0.05, 0) is 0 Å². The number of nitrogens with zero attached hydrogens (tertiary/aromatic N) is 2. The van der Waals surface area contributed by atoms with Crippen molar-refractivity contribution < 1.29 is 19.4 Å². The van der Waals surface area contributed by atoms with Crippen LogP contribution in [-0.2, 0) is 14.3 Å². The molecule has 2 heterocycles. The molecule has 0 aliphatic carbocycles. The van der Waals surface area contributed by atoms with Gasteiger partial charge in [0.25, 0.3) is 0 Å². The van der Waals surface area contributed by atoms with E-state index >= 15 is 0 Å². The highest BCUT2D eigenvalue weighted by molar-refractivity contribution is 5.80. The molecule has 102 valence electrons. The number of carboxylic acids is 1. The number of carbonyl (C=O) groups excluding carboxylic acids is 1. The number of ether oxygens (including phenoxy) is 1. The first-order valence-electron chi connectivity index (χ1n) is 6.22. The fourth-order valence-electron chi connectivity index (χ4n) is 2.19. The summed E-state index contributed by atoms with van der Waals surface area (Å²) in [5.41, 5.74) is 0. The molecule has 2 N–H and O–H groups in total. The second-order valence-electron chi connectivity index (χ2n) is 4.56. The third-order valence-corrected chi connectivity index (χ3v) is 3.26. The molecule has 18 heavy (non-hydrogen) atoms. The third kappa shape index (κ3) is 3.41. The van der Waals surface area contributed by atoms with E-state index in [1.807, 2.05) is 0 Å². The Labute approximate surface area is 106 Å². The van der Waals surface area contributed by atoms with Crippen LogP contribution < -0.4 is 5.32 Å². The van der Waals surface area contributed by atoms with Crippen LogP contribution in [0.5, 0.6) is 0 Å². The summed E-state index contributed by atoms with van der Waals surface area (Å²) in [5.74, 6) is -1.01. The summed E-state index contributed by atoms with van der Waals surface area (Å²) in [6, 6.07) is 0. The summed E-state index contributed by atoms with van der Waals surface area (Å²) in [7, 11) is 0. The average molecular weight is 257 g/mol. The molecule has 0 spiro atoms. The summed E-state index contributed by atoms with van der Waals surface area (Å²) in [4.78, 5) is 26.6. The molecule has 2 aliphatic heterocycles.